The number of rotatable bonds is 5. The molecule has 30 heavy (non-hydrogen) atoms. The van der Waals surface area contributed by atoms with E-state index in [9.17, 15) is 9.18 Å². The fraction of sp³-hybridized carbons (Fsp3) is 0.545. The molecular weight excluding hydrogens is 496 g/mol. The van der Waals surface area contributed by atoms with E-state index < -0.39 is 0 Å². The Labute approximate surface area is 194 Å². The first kappa shape index (κ1) is 22.8. The summed E-state index contributed by atoms with van der Waals surface area (Å²) in [6, 6.07) is 5.03. The zero-order valence-electron chi connectivity index (χ0n) is 17.4. The maximum absolute atomic E-state index is 13.5. The number of fused-ring (bicyclic) bond motifs is 1. The van der Waals surface area contributed by atoms with Crippen LogP contribution in [0, 0.1) is 11.7 Å². The Bertz CT molecular complexity index is 893. The van der Waals surface area contributed by atoms with E-state index in [1.165, 1.54) is 18.9 Å². The molecule has 1 aromatic heterocycles. The molecule has 1 atom stereocenters. The van der Waals surface area contributed by atoms with Gasteiger partial charge in [0.15, 0.2) is 5.96 Å². The minimum atomic E-state index is -0.221. The van der Waals surface area contributed by atoms with Crippen molar-refractivity contribution in [2.75, 3.05) is 26.7 Å². The Morgan fingerprint density at radius 2 is 2.10 bits per heavy atom. The highest BCUT2D eigenvalue weighted by molar-refractivity contribution is 14.0. The van der Waals surface area contributed by atoms with Gasteiger partial charge >= 0.3 is 0 Å². The van der Waals surface area contributed by atoms with E-state index in [1.54, 1.807) is 19.2 Å². The Morgan fingerprint density at radius 3 is 2.87 bits per heavy atom. The number of amides is 1. The number of halogens is 2. The van der Waals surface area contributed by atoms with Gasteiger partial charge in [-0.15, -0.1) is 24.0 Å². The number of aromatic nitrogens is 1. The SMILES string of the molecule is CN=C(NCCc1c[nH]c2ccc(F)cc12)NC1CCN(C(=O)C2CCCC2)C1.I. The van der Waals surface area contributed by atoms with Crippen molar-refractivity contribution in [2.45, 2.75) is 44.6 Å². The number of nitrogens with one attached hydrogen (secondary N) is 3. The van der Waals surface area contributed by atoms with E-state index in [4.69, 9.17) is 0 Å². The van der Waals surface area contributed by atoms with Crippen LogP contribution in [0.1, 0.15) is 37.7 Å². The van der Waals surface area contributed by atoms with Gasteiger partial charge in [-0.25, -0.2) is 4.39 Å². The van der Waals surface area contributed by atoms with E-state index >= 15 is 0 Å². The third kappa shape index (κ3) is 5.25. The summed E-state index contributed by atoms with van der Waals surface area (Å²) in [6.45, 7) is 2.27. The van der Waals surface area contributed by atoms with E-state index in [0.29, 0.717) is 12.5 Å². The zero-order chi connectivity index (χ0) is 20.2. The Balaban J connectivity index is 0.00000256. The molecule has 2 fully saturated rings. The highest BCUT2D eigenvalue weighted by atomic mass is 127. The molecule has 0 spiro atoms. The highest BCUT2D eigenvalue weighted by Crippen LogP contribution is 2.27. The molecule has 0 radical (unpaired) electrons. The number of carbonyl (C=O) groups excluding carboxylic acids is 1. The molecule has 1 aliphatic heterocycles. The quantitative estimate of drug-likeness (QED) is 0.317. The van der Waals surface area contributed by atoms with Crippen molar-refractivity contribution in [2.24, 2.45) is 10.9 Å². The van der Waals surface area contributed by atoms with Crippen molar-refractivity contribution in [3.05, 3.63) is 35.8 Å². The molecule has 1 saturated heterocycles. The van der Waals surface area contributed by atoms with Crippen LogP contribution in [0.15, 0.2) is 29.4 Å². The number of aromatic amines is 1. The third-order valence-electron chi connectivity index (χ3n) is 6.19. The molecule has 1 amide bonds. The van der Waals surface area contributed by atoms with Gasteiger partial charge in [-0.3, -0.25) is 9.79 Å². The summed E-state index contributed by atoms with van der Waals surface area (Å²) in [5.74, 6) is 1.10. The maximum Gasteiger partial charge on any atom is 0.225 e. The van der Waals surface area contributed by atoms with Gasteiger partial charge < -0.3 is 20.5 Å². The van der Waals surface area contributed by atoms with E-state index in [-0.39, 0.29) is 41.8 Å². The number of carbonyl (C=O) groups is 1. The number of guanidine groups is 1. The molecule has 4 rings (SSSR count). The number of H-pyrrole nitrogens is 1. The topological polar surface area (TPSA) is 72.5 Å². The van der Waals surface area contributed by atoms with Crippen molar-refractivity contribution >= 4 is 46.7 Å². The van der Waals surface area contributed by atoms with Crippen LogP contribution in [0.2, 0.25) is 0 Å². The van der Waals surface area contributed by atoms with Gasteiger partial charge in [-0.05, 0) is 49.4 Å². The van der Waals surface area contributed by atoms with Crippen molar-refractivity contribution in [1.82, 2.24) is 20.5 Å². The van der Waals surface area contributed by atoms with Gasteiger partial charge in [-0.2, -0.15) is 0 Å². The average Bonchev–Trinajstić information content (AvgIpc) is 3.48. The Morgan fingerprint density at radius 1 is 1.30 bits per heavy atom. The number of likely N-dealkylation sites (tertiary alicyclic amines) is 1. The minimum Gasteiger partial charge on any atom is -0.361 e. The van der Waals surface area contributed by atoms with Crippen LogP contribution in [0.3, 0.4) is 0 Å². The van der Waals surface area contributed by atoms with Crippen LogP contribution >= 0.6 is 24.0 Å². The predicted octanol–water partition coefficient (Wildman–Crippen LogP) is 3.42. The third-order valence-corrected chi connectivity index (χ3v) is 6.19. The summed E-state index contributed by atoms with van der Waals surface area (Å²) < 4.78 is 13.5. The fourth-order valence-corrected chi connectivity index (χ4v) is 4.57. The lowest BCUT2D eigenvalue weighted by Gasteiger charge is -2.21. The molecule has 164 valence electrons. The summed E-state index contributed by atoms with van der Waals surface area (Å²) >= 11 is 0. The Kier molecular flexibility index (Phi) is 7.96. The lowest BCUT2D eigenvalue weighted by Crippen LogP contribution is -2.45. The lowest BCUT2D eigenvalue weighted by molar-refractivity contribution is -0.134. The number of benzene rings is 1. The lowest BCUT2D eigenvalue weighted by atomic mass is 10.1. The van der Waals surface area contributed by atoms with E-state index in [2.05, 4.69) is 20.6 Å². The van der Waals surface area contributed by atoms with Crippen LogP contribution in [-0.2, 0) is 11.2 Å². The summed E-state index contributed by atoms with van der Waals surface area (Å²) in [4.78, 5) is 22.1. The molecule has 1 aliphatic carbocycles. The molecule has 0 bridgehead atoms. The van der Waals surface area contributed by atoms with Crippen LogP contribution in [0.4, 0.5) is 4.39 Å². The zero-order valence-corrected chi connectivity index (χ0v) is 19.7. The normalized spacial score (nSPS) is 19.9. The summed E-state index contributed by atoms with van der Waals surface area (Å²) in [7, 11) is 1.76. The van der Waals surface area contributed by atoms with E-state index in [0.717, 1.165) is 61.2 Å². The highest BCUT2D eigenvalue weighted by Gasteiger charge is 2.32. The second kappa shape index (κ2) is 10.5. The molecule has 6 nitrogen and oxygen atoms in total. The first-order chi connectivity index (χ1) is 14.1. The molecule has 3 N–H and O–H groups in total. The number of hydrogen-bond donors (Lipinski definition) is 3. The van der Waals surface area contributed by atoms with Gasteiger partial charge in [0.05, 0.1) is 0 Å². The molecule has 2 aromatic rings. The monoisotopic (exact) mass is 527 g/mol. The summed E-state index contributed by atoms with van der Waals surface area (Å²) in [6.07, 6.45) is 8.12. The molecule has 2 heterocycles. The largest absolute Gasteiger partial charge is 0.361 e. The standard InChI is InChI=1S/C22H30FN5O.HI/c1-24-22(25-10-8-16-13-26-20-7-6-17(23)12-19(16)20)27-18-9-11-28(14-18)21(29)15-4-2-3-5-15;/h6-7,12-13,15,18,26H,2-5,8-11,14H2,1H3,(H2,24,25,27);1H. The maximum atomic E-state index is 13.5. The molecule has 1 unspecified atom stereocenters. The smallest absolute Gasteiger partial charge is 0.225 e. The number of nitrogens with zero attached hydrogens (tertiary/aromatic N) is 2. The first-order valence-electron chi connectivity index (χ1n) is 10.7. The van der Waals surface area contributed by atoms with Gasteiger partial charge in [0.2, 0.25) is 5.91 Å². The van der Waals surface area contributed by atoms with Crippen molar-refractivity contribution in [1.29, 1.82) is 0 Å². The molecular formula is C22H31FIN5O. The fourth-order valence-electron chi connectivity index (χ4n) is 4.57. The van der Waals surface area contributed by atoms with Gasteiger partial charge in [0.1, 0.15) is 5.82 Å². The molecule has 2 aliphatic rings. The summed E-state index contributed by atoms with van der Waals surface area (Å²) in [5, 5.41) is 7.71. The number of aliphatic imine (C=N–C) groups is 1. The van der Waals surface area contributed by atoms with Gasteiger partial charge in [0, 0.05) is 55.7 Å². The predicted molar refractivity (Wildman–Crippen MR) is 129 cm³/mol. The van der Waals surface area contributed by atoms with Gasteiger partial charge in [-0.1, -0.05) is 12.8 Å². The molecule has 1 aromatic carbocycles. The van der Waals surface area contributed by atoms with Crippen LogP contribution in [-0.4, -0.2) is 54.5 Å². The first-order valence-corrected chi connectivity index (χ1v) is 10.7. The van der Waals surface area contributed by atoms with Crippen molar-refractivity contribution in [3.63, 3.8) is 0 Å². The minimum absolute atomic E-state index is 0. The number of hydrogen-bond acceptors (Lipinski definition) is 2. The van der Waals surface area contributed by atoms with Gasteiger partial charge in [0.25, 0.3) is 0 Å². The average molecular weight is 527 g/mol. The second-order valence-corrected chi connectivity index (χ2v) is 8.15. The van der Waals surface area contributed by atoms with Crippen molar-refractivity contribution < 1.29 is 9.18 Å². The van der Waals surface area contributed by atoms with Crippen LogP contribution < -0.4 is 10.6 Å². The van der Waals surface area contributed by atoms with Crippen LogP contribution in [0.25, 0.3) is 10.9 Å². The Hall–Kier alpha value is -1.84. The molecule has 1 saturated carbocycles. The van der Waals surface area contributed by atoms with Crippen molar-refractivity contribution in [3.8, 4) is 0 Å². The molecule has 8 heteroatoms. The van der Waals surface area contributed by atoms with Crippen LogP contribution in [0.5, 0.6) is 0 Å². The van der Waals surface area contributed by atoms with E-state index in [1.807, 2.05) is 11.1 Å². The summed E-state index contributed by atoms with van der Waals surface area (Å²) in [5.41, 5.74) is 2.03. The second-order valence-electron chi connectivity index (χ2n) is 8.15.